The zero-order chi connectivity index (χ0) is 19.9. The molecule has 0 atom stereocenters. The first-order valence-electron chi connectivity index (χ1n) is 9.26. The quantitative estimate of drug-likeness (QED) is 0.392. The molecule has 146 valence electrons. The van der Waals surface area contributed by atoms with Gasteiger partial charge in [0.2, 0.25) is 5.91 Å². The highest BCUT2D eigenvalue weighted by Gasteiger charge is 2.09. The summed E-state index contributed by atoms with van der Waals surface area (Å²) in [6.07, 6.45) is 1.03. The van der Waals surface area contributed by atoms with Crippen LogP contribution >= 0.6 is 27.3 Å². The number of thiazole rings is 1. The molecule has 0 aliphatic rings. The van der Waals surface area contributed by atoms with Gasteiger partial charge in [-0.2, -0.15) is 0 Å². The first kappa shape index (κ1) is 20.6. The van der Waals surface area contributed by atoms with Crippen molar-refractivity contribution in [1.82, 2.24) is 4.98 Å². The van der Waals surface area contributed by atoms with Crippen molar-refractivity contribution in [3.05, 3.63) is 63.9 Å². The van der Waals surface area contributed by atoms with Crippen LogP contribution in [0.3, 0.4) is 0 Å². The number of ether oxygens (including phenoxy) is 1. The molecule has 6 heteroatoms. The van der Waals surface area contributed by atoms with Crippen LogP contribution in [0.1, 0.15) is 38.2 Å². The fourth-order valence-corrected chi connectivity index (χ4v) is 3.91. The molecule has 0 saturated heterocycles. The molecule has 1 amide bonds. The van der Waals surface area contributed by atoms with Crippen LogP contribution in [-0.4, -0.2) is 17.5 Å². The van der Waals surface area contributed by atoms with Gasteiger partial charge < -0.3 is 10.1 Å². The first-order chi connectivity index (χ1) is 13.5. The number of hydrogen-bond acceptors (Lipinski definition) is 4. The summed E-state index contributed by atoms with van der Waals surface area (Å²) in [5.41, 5.74) is 3.18. The molecular weight excluding hydrogens is 436 g/mol. The zero-order valence-corrected chi connectivity index (χ0v) is 18.3. The average Bonchev–Trinajstić information content (AvgIpc) is 3.15. The van der Waals surface area contributed by atoms with E-state index in [0.717, 1.165) is 21.5 Å². The van der Waals surface area contributed by atoms with Crippen molar-refractivity contribution in [1.29, 1.82) is 0 Å². The molecule has 3 rings (SSSR count). The number of hydrogen-bond donors (Lipinski definition) is 1. The molecule has 0 unspecified atom stereocenters. The number of anilines is 1. The monoisotopic (exact) mass is 458 g/mol. The van der Waals surface area contributed by atoms with Crippen LogP contribution in [-0.2, 0) is 4.79 Å². The standard InChI is InChI=1S/C22H23BrN2O2S/c1-15(2)17-10-11-20(18(23)13-17)27-12-6-9-21(26)25-22-24-19(14-28-22)16-7-4-3-5-8-16/h3-5,7-8,10-11,13-15H,6,9,12H2,1-2H3,(H,24,25,26). The number of rotatable bonds is 8. The molecule has 0 spiro atoms. The maximum Gasteiger partial charge on any atom is 0.226 e. The lowest BCUT2D eigenvalue weighted by molar-refractivity contribution is -0.116. The predicted molar refractivity (Wildman–Crippen MR) is 119 cm³/mol. The van der Waals surface area contributed by atoms with E-state index in [2.05, 4.69) is 52.2 Å². The molecule has 0 radical (unpaired) electrons. The summed E-state index contributed by atoms with van der Waals surface area (Å²) >= 11 is 4.98. The lowest BCUT2D eigenvalue weighted by Crippen LogP contribution is -2.12. The summed E-state index contributed by atoms with van der Waals surface area (Å²) < 4.78 is 6.74. The molecule has 2 aromatic carbocycles. The number of amides is 1. The summed E-state index contributed by atoms with van der Waals surface area (Å²) in [4.78, 5) is 16.6. The van der Waals surface area contributed by atoms with Crippen LogP contribution in [0, 0.1) is 0 Å². The smallest absolute Gasteiger partial charge is 0.226 e. The third-order valence-electron chi connectivity index (χ3n) is 4.25. The van der Waals surface area contributed by atoms with Gasteiger partial charge in [0.1, 0.15) is 5.75 Å². The van der Waals surface area contributed by atoms with Crippen molar-refractivity contribution in [3.8, 4) is 17.0 Å². The second-order valence-corrected chi connectivity index (χ2v) is 8.46. The Kier molecular flexibility index (Phi) is 7.23. The molecular formula is C22H23BrN2O2S. The van der Waals surface area contributed by atoms with Gasteiger partial charge in [-0.25, -0.2) is 4.98 Å². The Morgan fingerprint density at radius 2 is 2.00 bits per heavy atom. The molecule has 1 heterocycles. The Morgan fingerprint density at radius 3 is 2.71 bits per heavy atom. The Morgan fingerprint density at radius 1 is 1.21 bits per heavy atom. The number of carbonyl (C=O) groups is 1. The number of nitrogens with zero attached hydrogens (tertiary/aromatic N) is 1. The summed E-state index contributed by atoms with van der Waals surface area (Å²) in [6.45, 7) is 4.80. The minimum atomic E-state index is -0.0493. The molecule has 0 bridgehead atoms. The molecule has 1 N–H and O–H groups in total. The maximum atomic E-state index is 12.1. The third kappa shape index (κ3) is 5.66. The number of aromatic nitrogens is 1. The summed E-state index contributed by atoms with van der Waals surface area (Å²) in [6, 6.07) is 16.1. The maximum absolute atomic E-state index is 12.1. The molecule has 4 nitrogen and oxygen atoms in total. The molecule has 0 aliphatic carbocycles. The van der Waals surface area contributed by atoms with Gasteiger partial charge in [0.05, 0.1) is 16.8 Å². The van der Waals surface area contributed by atoms with E-state index in [-0.39, 0.29) is 5.91 Å². The topological polar surface area (TPSA) is 51.2 Å². The Bertz CT molecular complexity index is 925. The van der Waals surface area contributed by atoms with E-state index >= 15 is 0 Å². The summed E-state index contributed by atoms with van der Waals surface area (Å²) in [5.74, 6) is 1.23. The second-order valence-electron chi connectivity index (χ2n) is 6.75. The number of nitrogens with one attached hydrogen (secondary N) is 1. The normalized spacial score (nSPS) is 10.9. The van der Waals surface area contributed by atoms with Gasteiger partial charge in [-0.05, 0) is 46.0 Å². The van der Waals surface area contributed by atoms with Gasteiger partial charge in [-0.1, -0.05) is 50.2 Å². The van der Waals surface area contributed by atoms with Crippen molar-refractivity contribution in [2.45, 2.75) is 32.6 Å². The second kappa shape index (κ2) is 9.85. The summed E-state index contributed by atoms with van der Waals surface area (Å²) in [7, 11) is 0. The van der Waals surface area contributed by atoms with Crippen LogP contribution in [0.15, 0.2) is 58.4 Å². The molecule has 0 saturated carbocycles. The highest BCUT2D eigenvalue weighted by atomic mass is 79.9. The van der Waals surface area contributed by atoms with E-state index in [4.69, 9.17) is 4.74 Å². The largest absolute Gasteiger partial charge is 0.492 e. The van der Waals surface area contributed by atoms with Gasteiger partial charge in [-0.15, -0.1) is 11.3 Å². The van der Waals surface area contributed by atoms with Gasteiger partial charge in [0.25, 0.3) is 0 Å². The lowest BCUT2D eigenvalue weighted by Gasteiger charge is -2.11. The predicted octanol–water partition coefficient (Wildman–Crippen LogP) is 6.49. The van der Waals surface area contributed by atoms with Gasteiger partial charge in [0.15, 0.2) is 5.13 Å². The molecule has 0 aliphatic heterocycles. The fourth-order valence-electron chi connectivity index (χ4n) is 2.66. The Labute approximate surface area is 178 Å². The Hall–Kier alpha value is -2.18. The number of carbonyl (C=O) groups excluding carboxylic acids is 1. The van der Waals surface area contributed by atoms with Crippen molar-refractivity contribution >= 4 is 38.3 Å². The lowest BCUT2D eigenvalue weighted by atomic mass is 10.0. The van der Waals surface area contributed by atoms with E-state index in [1.165, 1.54) is 16.9 Å². The third-order valence-corrected chi connectivity index (χ3v) is 5.63. The first-order valence-corrected chi connectivity index (χ1v) is 10.9. The van der Waals surface area contributed by atoms with Crippen LogP contribution in [0.4, 0.5) is 5.13 Å². The van der Waals surface area contributed by atoms with Crippen LogP contribution in [0.2, 0.25) is 0 Å². The highest BCUT2D eigenvalue weighted by molar-refractivity contribution is 9.10. The Balaban J connectivity index is 1.43. The molecule has 3 aromatic rings. The van der Waals surface area contributed by atoms with E-state index < -0.39 is 0 Å². The van der Waals surface area contributed by atoms with Gasteiger partial charge in [0, 0.05) is 17.4 Å². The SMILES string of the molecule is CC(C)c1ccc(OCCCC(=O)Nc2nc(-c3ccccc3)cs2)c(Br)c1. The molecule has 1 aromatic heterocycles. The van der Waals surface area contributed by atoms with Crippen molar-refractivity contribution < 1.29 is 9.53 Å². The van der Waals surface area contributed by atoms with E-state index in [9.17, 15) is 4.79 Å². The van der Waals surface area contributed by atoms with Crippen molar-refractivity contribution in [2.24, 2.45) is 0 Å². The van der Waals surface area contributed by atoms with Crippen molar-refractivity contribution in [3.63, 3.8) is 0 Å². The van der Waals surface area contributed by atoms with E-state index in [0.29, 0.717) is 30.5 Å². The number of benzene rings is 2. The van der Waals surface area contributed by atoms with E-state index in [1.54, 1.807) is 0 Å². The minimum absolute atomic E-state index is 0.0493. The highest BCUT2D eigenvalue weighted by Crippen LogP contribution is 2.29. The summed E-state index contributed by atoms with van der Waals surface area (Å²) in [5, 5.41) is 5.44. The van der Waals surface area contributed by atoms with Gasteiger partial charge in [-0.3, -0.25) is 4.79 Å². The molecule has 0 fully saturated rings. The van der Waals surface area contributed by atoms with E-state index in [1.807, 2.05) is 41.8 Å². The fraction of sp³-hybridized carbons (Fsp3) is 0.273. The van der Waals surface area contributed by atoms with Crippen LogP contribution < -0.4 is 10.1 Å². The van der Waals surface area contributed by atoms with Gasteiger partial charge >= 0.3 is 0 Å². The average molecular weight is 459 g/mol. The van der Waals surface area contributed by atoms with Crippen LogP contribution in [0.25, 0.3) is 11.3 Å². The molecule has 28 heavy (non-hydrogen) atoms. The van der Waals surface area contributed by atoms with Crippen molar-refractivity contribution in [2.75, 3.05) is 11.9 Å². The van der Waals surface area contributed by atoms with Crippen LogP contribution in [0.5, 0.6) is 5.75 Å². The zero-order valence-electron chi connectivity index (χ0n) is 15.9. The minimum Gasteiger partial charge on any atom is -0.492 e. The number of halogens is 1.